The molecule has 96 valence electrons. The van der Waals surface area contributed by atoms with Crippen LogP contribution >= 0.6 is 0 Å². The smallest absolute Gasteiger partial charge is 0.255 e. The lowest BCUT2D eigenvalue weighted by Gasteiger charge is -2.22. The van der Waals surface area contributed by atoms with Gasteiger partial charge in [0.05, 0.1) is 12.5 Å². The second-order valence-electron chi connectivity index (χ2n) is 4.99. The van der Waals surface area contributed by atoms with Crippen molar-refractivity contribution in [1.29, 1.82) is 5.26 Å². The molecule has 0 bridgehead atoms. The molecule has 0 aliphatic heterocycles. The van der Waals surface area contributed by atoms with Crippen molar-refractivity contribution < 1.29 is 0 Å². The Kier molecular flexibility index (Phi) is 4.19. The first-order valence-corrected chi connectivity index (χ1v) is 6.89. The van der Waals surface area contributed by atoms with Gasteiger partial charge in [0.25, 0.3) is 5.56 Å². The van der Waals surface area contributed by atoms with E-state index >= 15 is 0 Å². The Labute approximate surface area is 108 Å². The number of nitriles is 1. The number of pyridine rings is 1. The molecule has 0 spiro atoms. The maximum atomic E-state index is 12.3. The van der Waals surface area contributed by atoms with E-state index in [0.717, 1.165) is 32.2 Å². The van der Waals surface area contributed by atoms with Crippen LogP contribution in [0, 0.1) is 11.3 Å². The third kappa shape index (κ3) is 2.48. The molecular formula is C15H20N2O. The Hall–Kier alpha value is -1.56. The van der Waals surface area contributed by atoms with Crippen LogP contribution in [0.4, 0.5) is 0 Å². The summed E-state index contributed by atoms with van der Waals surface area (Å²) in [6, 6.07) is 4.08. The minimum Gasteiger partial charge on any atom is -0.312 e. The molecule has 3 nitrogen and oxygen atoms in total. The molecule has 0 amide bonds. The highest BCUT2D eigenvalue weighted by molar-refractivity contribution is 5.30. The molecule has 0 saturated carbocycles. The van der Waals surface area contributed by atoms with Crippen molar-refractivity contribution >= 4 is 0 Å². The SMILES string of the molecule is CCCCn1c2c(cc(CC#N)c1=O)CCCC2. The summed E-state index contributed by atoms with van der Waals surface area (Å²) in [6.07, 6.45) is 6.80. The van der Waals surface area contributed by atoms with E-state index in [-0.39, 0.29) is 12.0 Å². The number of rotatable bonds is 4. The number of aryl methyl sites for hydroxylation is 1. The van der Waals surface area contributed by atoms with E-state index in [1.807, 2.05) is 10.6 Å². The zero-order chi connectivity index (χ0) is 13.0. The summed E-state index contributed by atoms with van der Waals surface area (Å²) in [5.41, 5.74) is 3.25. The third-order valence-electron chi connectivity index (χ3n) is 3.68. The predicted octanol–water partition coefficient (Wildman–Crippen LogP) is 2.59. The molecule has 3 heteroatoms. The van der Waals surface area contributed by atoms with Gasteiger partial charge in [-0.3, -0.25) is 4.79 Å². The molecule has 0 aromatic carbocycles. The molecule has 1 aliphatic carbocycles. The fourth-order valence-electron chi connectivity index (χ4n) is 2.71. The van der Waals surface area contributed by atoms with Crippen LogP contribution < -0.4 is 5.56 Å². The van der Waals surface area contributed by atoms with Gasteiger partial charge in [0.1, 0.15) is 0 Å². The van der Waals surface area contributed by atoms with Gasteiger partial charge in [-0.25, -0.2) is 0 Å². The molecule has 0 atom stereocenters. The standard InChI is InChI=1S/C15H20N2O/c1-2-3-10-17-14-7-5-4-6-12(14)11-13(8-9-16)15(17)18/h11H,2-8,10H2,1H3. The van der Waals surface area contributed by atoms with Crippen molar-refractivity contribution in [3.8, 4) is 6.07 Å². The summed E-state index contributed by atoms with van der Waals surface area (Å²) < 4.78 is 1.94. The monoisotopic (exact) mass is 244 g/mol. The maximum absolute atomic E-state index is 12.3. The Morgan fingerprint density at radius 1 is 1.39 bits per heavy atom. The quantitative estimate of drug-likeness (QED) is 0.817. The van der Waals surface area contributed by atoms with E-state index in [9.17, 15) is 4.79 Å². The molecule has 0 fully saturated rings. The zero-order valence-corrected chi connectivity index (χ0v) is 11.0. The van der Waals surface area contributed by atoms with Crippen LogP contribution in [-0.2, 0) is 25.8 Å². The molecule has 1 aromatic heterocycles. The summed E-state index contributed by atoms with van der Waals surface area (Å²) in [6.45, 7) is 2.94. The van der Waals surface area contributed by atoms with Crippen molar-refractivity contribution in [2.45, 2.75) is 58.4 Å². The minimum absolute atomic E-state index is 0.0608. The average Bonchev–Trinajstić information content (AvgIpc) is 2.39. The van der Waals surface area contributed by atoms with Crippen LogP contribution in [0.25, 0.3) is 0 Å². The molecule has 1 aromatic rings. The Balaban J connectivity index is 2.49. The third-order valence-corrected chi connectivity index (χ3v) is 3.68. The maximum Gasteiger partial charge on any atom is 0.255 e. The molecule has 0 unspecified atom stereocenters. The van der Waals surface area contributed by atoms with Crippen LogP contribution in [-0.4, -0.2) is 4.57 Å². The van der Waals surface area contributed by atoms with Gasteiger partial charge in [-0.15, -0.1) is 0 Å². The lowest BCUT2D eigenvalue weighted by atomic mass is 9.94. The van der Waals surface area contributed by atoms with Crippen LogP contribution in [0.3, 0.4) is 0 Å². The van der Waals surface area contributed by atoms with Gasteiger partial charge >= 0.3 is 0 Å². The number of hydrogen-bond donors (Lipinski definition) is 0. The summed E-state index contributed by atoms with van der Waals surface area (Å²) in [4.78, 5) is 12.3. The van der Waals surface area contributed by atoms with Crippen LogP contribution in [0.1, 0.15) is 49.4 Å². The first-order chi connectivity index (χ1) is 8.77. The number of hydrogen-bond acceptors (Lipinski definition) is 2. The van der Waals surface area contributed by atoms with Gasteiger partial charge in [-0.2, -0.15) is 5.26 Å². The molecule has 0 N–H and O–H groups in total. The summed E-state index contributed by atoms with van der Waals surface area (Å²) in [5.74, 6) is 0. The molecule has 18 heavy (non-hydrogen) atoms. The molecule has 2 rings (SSSR count). The number of unbranched alkanes of at least 4 members (excludes halogenated alkanes) is 1. The van der Waals surface area contributed by atoms with E-state index in [4.69, 9.17) is 5.26 Å². The first kappa shape index (κ1) is 12.9. The van der Waals surface area contributed by atoms with Gasteiger partial charge in [-0.05, 0) is 43.7 Å². The summed E-state index contributed by atoms with van der Waals surface area (Å²) in [7, 11) is 0. The fourth-order valence-corrected chi connectivity index (χ4v) is 2.71. The lowest BCUT2D eigenvalue weighted by Crippen LogP contribution is -2.29. The Morgan fingerprint density at radius 2 is 2.17 bits per heavy atom. The van der Waals surface area contributed by atoms with E-state index in [2.05, 4.69) is 13.0 Å². The van der Waals surface area contributed by atoms with Gasteiger partial charge in [0.15, 0.2) is 0 Å². The highest BCUT2D eigenvalue weighted by atomic mass is 16.1. The highest BCUT2D eigenvalue weighted by Crippen LogP contribution is 2.21. The number of fused-ring (bicyclic) bond motifs is 1. The van der Waals surface area contributed by atoms with E-state index in [1.165, 1.54) is 24.1 Å². The van der Waals surface area contributed by atoms with Crippen molar-refractivity contribution in [2.24, 2.45) is 0 Å². The average molecular weight is 244 g/mol. The largest absolute Gasteiger partial charge is 0.312 e. The number of nitrogens with zero attached hydrogens (tertiary/aromatic N) is 2. The first-order valence-electron chi connectivity index (χ1n) is 6.89. The van der Waals surface area contributed by atoms with Gasteiger partial charge in [0.2, 0.25) is 0 Å². The summed E-state index contributed by atoms with van der Waals surface area (Å²) in [5, 5.41) is 8.82. The van der Waals surface area contributed by atoms with Crippen molar-refractivity contribution in [2.75, 3.05) is 0 Å². The molecule has 0 radical (unpaired) electrons. The van der Waals surface area contributed by atoms with E-state index in [1.54, 1.807) is 0 Å². The Bertz CT molecular complexity index is 523. The van der Waals surface area contributed by atoms with Crippen LogP contribution in [0.15, 0.2) is 10.9 Å². The fraction of sp³-hybridized carbons (Fsp3) is 0.600. The normalized spacial score (nSPS) is 14.0. The molecular weight excluding hydrogens is 224 g/mol. The van der Waals surface area contributed by atoms with E-state index < -0.39 is 0 Å². The van der Waals surface area contributed by atoms with Crippen molar-refractivity contribution in [1.82, 2.24) is 4.57 Å². The van der Waals surface area contributed by atoms with E-state index in [0.29, 0.717) is 5.56 Å². The second-order valence-corrected chi connectivity index (χ2v) is 4.99. The zero-order valence-electron chi connectivity index (χ0n) is 11.0. The molecule has 0 saturated heterocycles. The lowest BCUT2D eigenvalue weighted by molar-refractivity contribution is 0.545. The van der Waals surface area contributed by atoms with Gasteiger partial charge in [-0.1, -0.05) is 13.3 Å². The Morgan fingerprint density at radius 3 is 2.89 bits per heavy atom. The number of aromatic nitrogens is 1. The van der Waals surface area contributed by atoms with Gasteiger partial charge < -0.3 is 4.57 Å². The van der Waals surface area contributed by atoms with Gasteiger partial charge in [0, 0.05) is 17.8 Å². The van der Waals surface area contributed by atoms with Crippen LogP contribution in [0.2, 0.25) is 0 Å². The molecule has 1 aliphatic rings. The minimum atomic E-state index is 0.0608. The highest BCUT2D eigenvalue weighted by Gasteiger charge is 2.17. The predicted molar refractivity (Wildman–Crippen MR) is 71.6 cm³/mol. The van der Waals surface area contributed by atoms with Crippen molar-refractivity contribution in [3.63, 3.8) is 0 Å². The molecule has 1 heterocycles. The second kappa shape index (κ2) is 5.86. The summed E-state index contributed by atoms with van der Waals surface area (Å²) >= 11 is 0. The topological polar surface area (TPSA) is 45.8 Å². The van der Waals surface area contributed by atoms with Crippen LogP contribution in [0.5, 0.6) is 0 Å². The van der Waals surface area contributed by atoms with Crippen molar-refractivity contribution in [3.05, 3.63) is 33.2 Å².